The lowest BCUT2D eigenvalue weighted by molar-refractivity contribution is -0.174. The summed E-state index contributed by atoms with van der Waals surface area (Å²) in [6, 6.07) is 12.0. The molecule has 1 saturated heterocycles. The molecule has 4 nitrogen and oxygen atoms in total. The molecule has 0 N–H and O–H groups in total. The summed E-state index contributed by atoms with van der Waals surface area (Å²) in [4.78, 5) is 17.6. The number of hydrogen-bond donors (Lipinski definition) is 0. The molecule has 2 atom stereocenters. The van der Waals surface area contributed by atoms with Crippen molar-refractivity contribution >= 4 is 28.3 Å². The average Bonchev–Trinajstić information content (AvgIpc) is 2.97. The van der Waals surface area contributed by atoms with E-state index in [-0.39, 0.29) is 23.7 Å². The largest absolute Gasteiger partial charge is 0.493 e. The van der Waals surface area contributed by atoms with Crippen molar-refractivity contribution in [1.29, 1.82) is 0 Å². The van der Waals surface area contributed by atoms with E-state index in [2.05, 4.69) is 12.1 Å². The zero-order valence-electron chi connectivity index (χ0n) is 11.3. The van der Waals surface area contributed by atoms with Gasteiger partial charge in [-0.3, -0.25) is 9.63 Å². The zero-order chi connectivity index (χ0) is 14.4. The summed E-state index contributed by atoms with van der Waals surface area (Å²) >= 11 is 5.71. The second kappa shape index (κ2) is 4.90. The minimum absolute atomic E-state index is 0.0792. The van der Waals surface area contributed by atoms with E-state index in [4.69, 9.17) is 21.2 Å². The van der Waals surface area contributed by atoms with Gasteiger partial charge in [0, 0.05) is 11.5 Å². The lowest BCUT2D eigenvalue weighted by atomic mass is 9.88. The van der Waals surface area contributed by atoms with Gasteiger partial charge in [0.05, 0.1) is 19.3 Å². The molecule has 4 rings (SSSR count). The quantitative estimate of drug-likeness (QED) is 0.760. The number of rotatable bonds is 1. The van der Waals surface area contributed by atoms with Crippen LogP contribution in [-0.2, 0) is 9.63 Å². The molecule has 5 heteroatoms. The summed E-state index contributed by atoms with van der Waals surface area (Å²) in [5.74, 6) is 0.692. The van der Waals surface area contributed by atoms with Gasteiger partial charge in [-0.2, -0.15) is 0 Å². The predicted molar refractivity (Wildman–Crippen MR) is 79.2 cm³/mol. The highest BCUT2D eigenvalue weighted by atomic mass is 35.5. The van der Waals surface area contributed by atoms with Crippen molar-refractivity contribution in [2.45, 2.75) is 6.04 Å². The van der Waals surface area contributed by atoms with Gasteiger partial charge in [-0.25, -0.2) is 5.06 Å². The van der Waals surface area contributed by atoms with Gasteiger partial charge >= 0.3 is 0 Å². The number of nitrogens with zero attached hydrogens (tertiary/aromatic N) is 1. The van der Waals surface area contributed by atoms with Crippen LogP contribution in [0.3, 0.4) is 0 Å². The Morgan fingerprint density at radius 2 is 2.10 bits per heavy atom. The molecule has 0 saturated carbocycles. The Bertz CT molecular complexity index is 718. The Morgan fingerprint density at radius 3 is 2.95 bits per heavy atom. The van der Waals surface area contributed by atoms with E-state index in [1.54, 1.807) is 0 Å². The van der Waals surface area contributed by atoms with Gasteiger partial charge in [-0.05, 0) is 16.8 Å². The van der Waals surface area contributed by atoms with E-state index >= 15 is 0 Å². The highest BCUT2D eigenvalue weighted by molar-refractivity contribution is 6.27. The summed E-state index contributed by atoms with van der Waals surface area (Å²) in [6.45, 7) is 1.04. The Morgan fingerprint density at radius 1 is 1.24 bits per heavy atom. The standard InChI is InChI=1S/C16H14ClNO3/c17-7-14(19)18-16-11(9-21-18)8-20-13-6-5-10-3-1-2-4-12(10)15(13)16/h1-6,11,16H,7-9H2. The number of carbonyl (C=O) groups excluding carboxylic acids is 1. The van der Waals surface area contributed by atoms with E-state index in [1.807, 2.05) is 24.3 Å². The number of hydrogen-bond acceptors (Lipinski definition) is 3. The predicted octanol–water partition coefficient (Wildman–Crippen LogP) is 2.90. The summed E-state index contributed by atoms with van der Waals surface area (Å²) in [5, 5.41) is 3.67. The number of hydroxylamine groups is 2. The molecule has 108 valence electrons. The van der Waals surface area contributed by atoms with Crippen molar-refractivity contribution in [3.8, 4) is 5.75 Å². The van der Waals surface area contributed by atoms with Crippen LogP contribution in [0.5, 0.6) is 5.75 Å². The normalized spacial score (nSPS) is 23.6. The Kier molecular flexibility index (Phi) is 3.01. The molecule has 2 aromatic rings. The molecule has 21 heavy (non-hydrogen) atoms. The monoisotopic (exact) mass is 303 g/mol. The Balaban J connectivity index is 1.92. The van der Waals surface area contributed by atoms with Crippen LogP contribution in [0, 0.1) is 5.92 Å². The Labute approximate surface area is 127 Å². The smallest absolute Gasteiger partial charge is 0.261 e. The van der Waals surface area contributed by atoms with Crippen LogP contribution in [-0.4, -0.2) is 30.1 Å². The van der Waals surface area contributed by atoms with Crippen molar-refractivity contribution in [3.05, 3.63) is 42.0 Å². The molecule has 2 aliphatic heterocycles. The number of benzene rings is 2. The lowest BCUT2D eigenvalue weighted by Crippen LogP contribution is -2.35. The van der Waals surface area contributed by atoms with Gasteiger partial charge in [0.15, 0.2) is 0 Å². The lowest BCUT2D eigenvalue weighted by Gasteiger charge is -2.32. The third kappa shape index (κ3) is 1.90. The SMILES string of the molecule is O=C(CCl)N1OCC2COc3ccc4ccccc4c3C21. The van der Waals surface area contributed by atoms with Crippen LogP contribution in [0.25, 0.3) is 10.8 Å². The van der Waals surface area contributed by atoms with Crippen LogP contribution in [0.1, 0.15) is 11.6 Å². The van der Waals surface area contributed by atoms with Crippen molar-refractivity contribution in [3.63, 3.8) is 0 Å². The maximum atomic E-state index is 12.0. The number of halogens is 1. The fourth-order valence-corrected chi connectivity index (χ4v) is 3.34. The van der Waals surface area contributed by atoms with Gasteiger partial charge in [0.2, 0.25) is 0 Å². The number of carbonyl (C=O) groups is 1. The third-order valence-corrected chi connectivity index (χ3v) is 4.39. The first-order chi connectivity index (χ1) is 10.3. The van der Waals surface area contributed by atoms with Crippen LogP contribution < -0.4 is 4.74 Å². The second-order valence-corrected chi connectivity index (χ2v) is 5.63. The topological polar surface area (TPSA) is 38.8 Å². The van der Waals surface area contributed by atoms with E-state index in [0.29, 0.717) is 13.2 Å². The van der Waals surface area contributed by atoms with Crippen molar-refractivity contribution in [1.82, 2.24) is 5.06 Å². The number of fused-ring (bicyclic) bond motifs is 5. The molecular weight excluding hydrogens is 290 g/mol. The summed E-state index contributed by atoms with van der Waals surface area (Å²) in [5.41, 5.74) is 1.03. The third-order valence-electron chi connectivity index (χ3n) is 4.17. The maximum Gasteiger partial charge on any atom is 0.261 e. The van der Waals surface area contributed by atoms with Gasteiger partial charge in [0.1, 0.15) is 11.6 Å². The van der Waals surface area contributed by atoms with Crippen molar-refractivity contribution in [2.24, 2.45) is 5.92 Å². The minimum Gasteiger partial charge on any atom is -0.493 e. The van der Waals surface area contributed by atoms with Crippen molar-refractivity contribution in [2.75, 3.05) is 19.1 Å². The summed E-state index contributed by atoms with van der Waals surface area (Å²) < 4.78 is 5.86. The Hall–Kier alpha value is -1.78. The highest BCUT2D eigenvalue weighted by Crippen LogP contribution is 2.46. The van der Waals surface area contributed by atoms with E-state index in [1.165, 1.54) is 5.06 Å². The van der Waals surface area contributed by atoms with E-state index in [9.17, 15) is 4.79 Å². The van der Waals surface area contributed by atoms with Crippen LogP contribution in [0.2, 0.25) is 0 Å². The molecule has 2 heterocycles. The molecule has 2 aliphatic rings. The number of alkyl halides is 1. The second-order valence-electron chi connectivity index (χ2n) is 5.36. The maximum absolute atomic E-state index is 12.0. The van der Waals surface area contributed by atoms with Crippen LogP contribution in [0.4, 0.5) is 0 Å². The fraction of sp³-hybridized carbons (Fsp3) is 0.312. The van der Waals surface area contributed by atoms with Crippen molar-refractivity contribution < 1.29 is 14.4 Å². The molecule has 1 amide bonds. The zero-order valence-corrected chi connectivity index (χ0v) is 12.0. The van der Waals surface area contributed by atoms with Gasteiger partial charge in [-0.1, -0.05) is 30.3 Å². The first kappa shape index (κ1) is 12.9. The highest BCUT2D eigenvalue weighted by Gasteiger charge is 2.44. The van der Waals surface area contributed by atoms with Gasteiger partial charge in [-0.15, -0.1) is 11.6 Å². The first-order valence-corrected chi connectivity index (χ1v) is 7.48. The molecular formula is C16H14ClNO3. The molecule has 2 unspecified atom stereocenters. The average molecular weight is 304 g/mol. The molecule has 0 aromatic heterocycles. The molecule has 0 spiro atoms. The molecule has 0 aliphatic carbocycles. The summed E-state index contributed by atoms with van der Waals surface area (Å²) in [6.07, 6.45) is 0. The molecule has 0 radical (unpaired) electrons. The first-order valence-electron chi connectivity index (χ1n) is 6.95. The minimum atomic E-state index is -0.204. The number of amides is 1. The molecule has 2 aromatic carbocycles. The van der Waals surface area contributed by atoms with E-state index in [0.717, 1.165) is 22.1 Å². The number of ether oxygens (including phenoxy) is 1. The van der Waals surface area contributed by atoms with E-state index < -0.39 is 0 Å². The summed E-state index contributed by atoms with van der Waals surface area (Å²) in [7, 11) is 0. The van der Waals surface area contributed by atoms with Crippen LogP contribution in [0.15, 0.2) is 36.4 Å². The van der Waals surface area contributed by atoms with Gasteiger partial charge < -0.3 is 4.74 Å². The van der Waals surface area contributed by atoms with Gasteiger partial charge in [0.25, 0.3) is 5.91 Å². The molecule has 1 fully saturated rings. The molecule has 0 bridgehead atoms. The van der Waals surface area contributed by atoms with Crippen LogP contribution >= 0.6 is 11.6 Å². The fourth-order valence-electron chi connectivity index (χ4n) is 3.22.